The monoisotopic (exact) mass is 429 g/mol. The summed E-state index contributed by atoms with van der Waals surface area (Å²) < 4.78 is 0. The normalized spacial score (nSPS) is 10.8. The van der Waals surface area contributed by atoms with Gasteiger partial charge in [-0.15, -0.1) is 24.0 Å². The maximum atomic E-state index is 6.14. The Morgan fingerprint density at radius 1 is 1.00 bits per heavy atom. The average Bonchev–Trinajstić information content (AvgIpc) is 2.51. The highest BCUT2D eigenvalue weighted by atomic mass is 127. The van der Waals surface area contributed by atoms with Crippen LogP contribution in [-0.2, 0) is 13.1 Å². The maximum absolute atomic E-state index is 6.14. The fourth-order valence-electron chi connectivity index (χ4n) is 1.93. The number of halogens is 2. The van der Waals surface area contributed by atoms with Gasteiger partial charge in [-0.1, -0.05) is 59.6 Å². The van der Waals surface area contributed by atoms with Crippen LogP contribution in [0.5, 0.6) is 0 Å². The minimum atomic E-state index is 0. The van der Waals surface area contributed by atoms with E-state index < -0.39 is 0 Å². The van der Waals surface area contributed by atoms with Crippen molar-refractivity contribution in [1.82, 2.24) is 10.6 Å². The molecule has 2 aromatic carbocycles. The molecule has 0 aliphatic rings. The second-order valence-corrected chi connectivity index (χ2v) is 5.26. The van der Waals surface area contributed by atoms with Crippen molar-refractivity contribution in [3.8, 4) is 0 Å². The van der Waals surface area contributed by atoms with Crippen LogP contribution >= 0.6 is 35.6 Å². The van der Waals surface area contributed by atoms with Gasteiger partial charge in [0.1, 0.15) is 0 Å². The van der Waals surface area contributed by atoms with Crippen LogP contribution < -0.4 is 10.6 Å². The van der Waals surface area contributed by atoms with Crippen molar-refractivity contribution in [1.29, 1.82) is 0 Å². The summed E-state index contributed by atoms with van der Waals surface area (Å²) in [6.07, 6.45) is 0. The quantitative estimate of drug-likeness (QED) is 0.435. The van der Waals surface area contributed by atoms with Gasteiger partial charge in [-0.3, -0.25) is 4.99 Å². The molecule has 0 aliphatic carbocycles. The fourth-order valence-corrected chi connectivity index (χ4v) is 2.14. The van der Waals surface area contributed by atoms with Crippen molar-refractivity contribution in [3.05, 3.63) is 70.2 Å². The predicted molar refractivity (Wildman–Crippen MR) is 105 cm³/mol. The third kappa shape index (κ3) is 5.85. The van der Waals surface area contributed by atoms with Crippen molar-refractivity contribution in [2.24, 2.45) is 4.99 Å². The third-order valence-electron chi connectivity index (χ3n) is 3.21. The number of rotatable bonds is 4. The first-order valence-electron chi connectivity index (χ1n) is 6.92. The zero-order valence-electron chi connectivity index (χ0n) is 12.8. The predicted octanol–water partition coefficient (Wildman–Crippen LogP) is 4.13. The summed E-state index contributed by atoms with van der Waals surface area (Å²) in [6, 6.07) is 16.2. The lowest BCUT2D eigenvalue weighted by Crippen LogP contribution is -2.36. The van der Waals surface area contributed by atoms with Gasteiger partial charge in [-0.25, -0.2) is 0 Å². The molecule has 2 aromatic rings. The molecule has 5 heteroatoms. The molecular weight excluding hydrogens is 409 g/mol. The molecule has 0 spiro atoms. The maximum Gasteiger partial charge on any atom is 0.191 e. The van der Waals surface area contributed by atoms with Crippen LogP contribution in [0.4, 0.5) is 0 Å². The molecule has 2 N–H and O–H groups in total. The van der Waals surface area contributed by atoms with Crippen molar-refractivity contribution in [2.75, 3.05) is 7.05 Å². The zero-order valence-corrected chi connectivity index (χ0v) is 15.9. The first-order chi connectivity index (χ1) is 10.2. The molecule has 0 saturated carbocycles. The molecule has 0 saturated heterocycles. The topological polar surface area (TPSA) is 36.4 Å². The Morgan fingerprint density at radius 3 is 2.27 bits per heavy atom. The summed E-state index contributed by atoms with van der Waals surface area (Å²) in [5.41, 5.74) is 3.54. The highest BCUT2D eigenvalue weighted by Crippen LogP contribution is 2.14. The number of hydrogen-bond donors (Lipinski definition) is 2. The van der Waals surface area contributed by atoms with Gasteiger partial charge in [0.15, 0.2) is 5.96 Å². The molecule has 118 valence electrons. The second kappa shape index (κ2) is 9.69. The first-order valence-corrected chi connectivity index (χ1v) is 7.30. The molecule has 0 fully saturated rings. The largest absolute Gasteiger partial charge is 0.352 e. The molecule has 0 amide bonds. The number of benzene rings is 2. The van der Waals surface area contributed by atoms with E-state index in [0.717, 1.165) is 23.1 Å². The van der Waals surface area contributed by atoms with Crippen molar-refractivity contribution in [3.63, 3.8) is 0 Å². The van der Waals surface area contributed by atoms with Gasteiger partial charge >= 0.3 is 0 Å². The lowest BCUT2D eigenvalue weighted by molar-refractivity contribution is 0.809. The standard InChI is InChI=1S/C17H20ClN3.HI/c1-13-7-9-14(10-8-13)11-20-17(19-2)21-12-15-5-3-4-6-16(15)18;/h3-10H,11-12H2,1-2H3,(H2,19,20,21);1H. The van der Waals surface area contributed by atoms with Crippen molar-refractivity contribution < 1.29 is 0 Å². The van der Waals surface area contributed by atoms with Crippen LogP contribution in [-0.4, -0.2) is 13.0 Å². The molecule has 2 rings (SSSR count). The average molecular weight is 430 g/mol. The van der Waals surface area contributed by atoms with Crippen LogP contribution in [0.2, 0.25) is 5.02 Å². The molecule has 0 radical (unpaired) electrons. The molecule has 0 aromatic heterocycles. The van der Waals surface area contributed by atoms with Gasteiger partial charge in [-0.2, -0.15) is 0 Å². The van der Waals surface area contributed by atoms with Crippen LogP contribution in [0.25, 0.3) is 0 Å². The number of hydrogen-bond acceptors (Lipinski definition) is 1. The Hall–Kier alpha value is -1.27. The number of aryl methyl sites for hydroxylation is 1. The van der Waals surface area contributed by atoms with E-state index >= 15 is 0 Å². The van der Waals surface area contributed by atoms with Crippen LogP contribution in [0.15, 0.2) is 53.5 Å². The summed E-state index contributed by atoms with van der Waals surface area (Å²) in [5, 5.41) is 7.32. The Balaban J connectivity index is 0.00000242. The lowest BCUT2D eigenvalue weighted by Gasteiger charge is -2.12. The van der Waals surface area contributed by atoms with Gasteiger partial charge in [0.25, 0.3) is 0 Å². The van der Waals surface area contributed by atoms with Crippen LogP contribution in [0.1, 0.15) is 16.7 Å². The summed E-state index contributed by atoms with van der Waals surface area (Å²) in [7, 11) is 1.76. The molecule has 3 nitrogen and oxygen atoms in total. The van der Waals surface area contributed by atoms with E-state index in [2.05, 4.69) is 46.8 Å². The van der Waals surface area contributed by atoms with E-state index in [1.54, 1.807) is 7.05 Å². The lowest BCUT2D eigenvalue weighted by atomic mass is 10.1. The van der Waals surface area contributed by atoms with E-state index in [9.17, 15) is 0 Å². The van der Waals surface area contributed by atoms with Crippen LogP contribution in [0, 0.1) is 6.92 Å². The second-order valence-electron chi connectivity index (χ2n) is 4.86. The molecule has 22 heavy (non-hydrogen) atoms. The first kappa shape index (κ1) is 18.8. The highest BCUT2D eigenvalue weighted by Gasteiger charge is 2.01. The number of nitrogens with one attached hydrogen (secondary N) is 2. The van der Waals surface area contributed by atoms with Crippen molar-refractivity contribution >= 4 is 41.5 Å². The number of guanidine groups is 1. The summed E-state index contributed by atoms with van der Waals surface area (Å²) in [6.45, 7) is 3.47. The molecule has 0 aliphatic heterocycles. The van der Waals surface area contributed by atoms with E-state index in [1.807, 2.05) is 24.3 Å². The van der Waals surface area contributed by atoms with E-state index in [4.69, 9.17) is 11.6 Å². The van der Waals surface area contributed by atoms with E-state index in [1.165, 1.54) is 11.1 Å². The molecule has 0 unspecified atom stereocenters. The minimum absolute atomic E-state index is 0. The van der Waals surface area contributed by atoms with Crippen LogP contribution in [0.3, 0.4) is 0 Å². The Labute approximate surface area is 154 Å². The third-order valence-corrected chi connectivity index (χ3v) is 3.58. The highest BCUT2D eigenvalue weighted by molar-refractivity contribution is 14.0. The summed E-state index contributed by atoms with van der Waals surface area (Å²) >= 11 is 6.14. The Kier molecular flexibility index (Phi) is 8.27. The number of nitrogens with zero attached hydrogens (tertiary/aromatic N) is 1. The van der Waals surface area contributed by atoms with Gasteiger partial charge in [-0.05, 0) is 24.1 Å². The molecule has 0 heterocycles. The molecular formula is C17H21ClIN3. The van der Waals surface area contributed by atoms with E-state index in [-0.39, 0.29) is 24.0 Å². The molecule has 0 atom stereocenters. The summed E-state index contributed by atoms with van der Waals surface area (Å²) in [5.74, 6) is 0.760. The minimum Gasteiger partial charge on any atom is -0.352 e. The van der Waals surface area contributed by atoms with Gasteiger partial charge < -0.3 is 10.6 Å². The Bertz CT molecular complexity index is 612. The van der Waals surface area contributed by atoms with E-state index in [0.29, 0.717) is 6.54 Å². The fraction of sp³-hybridized carbons (Fsp3) is 0.235. The Morgan fingerprint density at radius 2 is 1.64 bits per heavy atom. The van der Waals surface area contributed by atoms with Crippen molar-refractivity contribution in [2.45, 2.75) is 20.0 Å². The summed E-state index contributed by atoms with van der Waals surface area (Å²) in [4.78, 5) is 4.22. The van der Waals surface area contributed by atoms with Gasteiger partial charge in [0.2, 0.25) is 0 Å². The zero-order chi connectivity index (χ0) is 15.1. The molecule has 0 bridgehead atoms. The smallest absolute Gasteiger partial charge is 0.191 e. The van der Waals surface area contributed by atoms with Gasteiger partial charge in [0, 0.05) is 25.2 Å². The van der Waals surface area contributed by atoms with Gasteiger partial charge in [0.05, 0.1) is 0 Å². The SMILES string of the molecule is CN=C(NCc1ccc(C)cc1)NCc1ccccc1Cl.I. The number of aliphatic imine (C=N–C) groups is 1.